The molecule has 0 aromatic carbocycles. The molecule has 2 atom stereocenters. The molecule has 5 heteroatoms. The number of furan rings is 1. The molecule has 0 amide bonds. The Kier molecular flexibility index (Phi) is 3.81. The van der Waals surface area contributed by atoms with E-state index in [2.05, 4.69) is 5.32 Å². The fourth-order valence-electron chi connectivity index (χ4n) is 2.29. The van der Waals surface area contributed by atoms with Gasteiger partial charge in [0.05, 0.1) is 18.9 Å². The fraction of sp³-hybridized carbons (Fsp3) is 0.583. The molecule has 1 aliphatic carbocycles. The quantitative estimate of drug-likeness (QED) is 0.719. The number of hydrogen-bond donors (Lipinski definition) is 3. The number of carboxylic acids is 1. The van der Waals surface area contributed by atoms with Crippen LogP contribution in [0.3, 0.4) is 0 Å². The number of aromatic carboxylic acids is 1. The summed E-state index contributed by atoms with van der Waals surface area (Å²) >= 11 is 0. The normalized spacial score (nSPS) is 24.1. The van der Waals surface area contributed by atoms with Crippen molar-refractivity contribution in [1.82, 2.24) is 5.32 Å². The van der Waals surface area contributed by atoms with Crippen LogP contribution in [0, 0.1) is 5.92 Å². The molecule has 1 aromatic heterocycles. The number of nitrogens with one attached hydrogen (secondary N) is 1. The summed E-state index contributed by atoms with van der Waals surface area (Å²) < 4.78 is 5.11. The van der Waals surface area contributed by atoms with Gasteiger partial charge in [-0.25, -0.2) is 4.79 Å². The Morgan fingerprint density at radius 2 is 2.35 bits per heavy atom. The van der Waals surface area contributed by atoms with E-state index in [9.17, 15) is 9.90 Å². The van der Waals surface area contributed by atoms with E-state index in [1.54, 1.807) is 0 Å². The Balaban J connectivity index is 1.81. The predicted molar refractivity (Wildman–Crippen MR) is 60.7 cm³/mol. The van der Waals surface area contributed by atoms with Gasteiger partial charge < -0.3 is 19.9 Å². The highest BCUT2D eigenvalue weighted by molar-refractivity contribution is 5.88. The summed E-state index contributed by atoms with van der Waals surface area (Å²) in [6.07, 6.45) is 4.11. The van der Waals surface area contributed by atoms with Crippen LogP contribution in [0.1, 0.15) is 35.4 Å². The molecular weight excluding hydrogens is 222 g/mol. The Labute approximate surface area is 99.4 Å². The number of carbonyl (C=O) groups is 1. The molecule has 1 aromatic rings. The van der Waals surface area contributed by atoms with Gasteiger partial charge in [0.15, 0.2) is 0 Å². The van der Waals surface area contributed by atoms with Gasteiger partial charge in [-0.2, -0.15) is 0 Å². The zero-order valence-electron chi connectivity index (χ0n) is 9.56. The smallest absolute Gasteiger partial charge is 0.339 e. The van der Waals surface area contributed by atoms with Gasteiger partial charge in [0, 0.05) is 6.54 Å². The number of aliphatic hydroxyl groups excluding tert-OH is 1. The zero-order valence-corrected chi connectivity index (χ0v) is 9.56. The molecule has 0 spiro atoms. The van der Waals surface area contributed by atoms with Gasteiger partial charge in [-0.1, -0.05) is 6.42 Å². The molecule has 1 fully saturated rings. The number of carboxylic acid groups (broad SMARTS) is 1. The highest BCUT2D eigenvalue weighted by Gasteiger charge is 2.24. The lowest BCUT2D eigenvalue weighted by atomic mass is 10.1. The second kappa shape index (κ2) is 5.33. The Bertz CT molecular complexity index is 388. The molecule has 17 heavy (non-hydrogen) atoms. The molecule has 1 saturated carbocycles. The second-order valence-corrected chi connectivity index (χ2v) is 4.45. The van der Waals surface area contributed by atoms with Crippen LogP contribution < -0.4 is 5.32 Å². The molecule has 2 unspecified atom stereocenters. The zero-order chi connectivity index (χ0) is 12.3. The molecular formula is C12H17NO4. The van der Waals surface area contributed by atoms with E-state index in [0.29, 0.717) is 18.8 Å². The average Bonchev–Trinajstić information content (AvgIpc) is 2.88. The lowest BCUT2D eigenvalue weighted by molar-refractivity contribution is 0.0694. The molecule has 0 aliphatic heterocycles. The molecule has 94 valence electrons. The summed E-state index contributed by atoms with van der Waals surface area (Å²) in [5.74, 6) is -0.264. The molecule has 3 N–H and O–H groups in total. The van der Waals surface area contributed by atoms with Crippen molar-refractivity contribution in [3.05, 3.63) is 23.7 Å². The third-order valence-electron chi connectivity index (χ3n) is 3.29. The van der Waals surface area contributed by atoms with Gasteiger partial charge in [-0.3, -0.25) is 0 Å². The summed E-state index contributed by atoms with van der Waals surface area (Å²) in [5, 5.41) is 21.6. The van der Waals surface area contributed by atoms with Crippen LogP contribution in [0.25, 0.3) is 0 Å². The van der Waals surface area contributed by atoms with Gasteiger partial charge in [-0.15, -0.1) is 0 Å². The fourth-order valence-corrected chi connectivity index (χ4v) is 2.29. The maximum Gasteiger partial charge on any atom is 0.339 e. The van der Waals surface area contributed by atoms with E-state index < -0.39 is 5.97 Å². The molecule has 0 radical (unpaired) electrons. The number of rotatable bonds is 5. The summed E-state index contributed by atoms with van der Waals surface area (Å²) in [4.78, 5) is 10.8. The SMILES string of the molecule is O=C(O)c1ccoc1CNCC1CCCC1O. The second-order valence-electron chi connectivity index (χ2n) is 4.45. The average molecular weight is 239 g/mol. The van der Waals surface area contributed by atoms with E-state index in [1.165, 1.54) is 12.3 Å². The Morgan fingerprint density at radius 1 is 1.53 bits per heavy atom. The van der Waals surface area contributed by atoms with Gasteiger partial charge in [0.1, 0.15) is 11.3 Å². The Hall–Kier alpha value is -1.33. The van der Waals surface area contributed by atoms with Crippen LogP contribution in [0.2, 0.25) is 0 Å². The topological polar surface area (TPSA) is 82.7 Å². The lowest BCUT2D eigenvalue weighted by Crippen LogP contribution is -2.27. The van der Waals surface area contributed by atoms with Crippen LogP contribution >= 0.6 is 0 Å². The number of aliphatic hydroxyl groups is 1. The monoisotopic (exact) mass is 239 g/mol. The van der Waals surface area contributed by atoms with Crippen LogP contribution in [0.4, 0.5) is 0 Å². The summed E-state index contributed by atoms with van der Waals surface area (Å²) in [7, 11) is 0. The van der Waals surface area contributed by atoms with Gasteiger partial charge in [0.2, 0.25) is 0 Å². The number of hydrogen-bond acceptors (Lipinski definition) is 4. The minimum atomic E-state index is -0.976. The standard InChI is InChI=1S/C12H17NO4/c14-10-3-1-2-8(10)6-13-7-11-9(12(15)16)4-5-17-11/h4-5,8,10,13-14H,1-3,6-7H2,(H,15,16). The van der Waals surface area contributed by atoms with E-state index in [1.807, 2.05) is 0 Å². The summed E-state index contributed by atoms with van der Waals surface area (Å²) in [5.41, 5.74) is 0.199. The first-order valence-electron chi connectivity index (χ1n) is 5.87. The predicted octanol–water partition coefficient (Wildman–Crippen LogP) is 1.23. The van der Waals surface area contributed by atoms with Crippen molar-refractivity contribution < 1.29 is 19.4 Å². The van der Waals surface area contributed by atoms with Crippen molar-refractivity contribution in [2.24, 2.45) is 5.92 Å². The molecule has 0 saturated heterocycles. The van der Waals surface area contributed by atoms with Crippen molar-refractivity contribution in [2.45, 2.75) is 31.9 Å². The van der Waals surface area contributed by atoms with E-state index in [4.69, 9.17) is 9.52 Å². The highest BCUT2D eigenvalue weighted by Crippen LogP contribution is 2.24. The first-order chi connectivity index (χ1) is 8.18. The minimum absolute atomic E-state index is 0.199. The van der Waals surface area contributed by atoms with E-state index in [-0.39, 0.29) is 17.6 Å². The van der Waals surface area contributed by atoms with Crippen LogP contribution in [0.15, 0.2) is 16.7 Å². The van der Waals surface area contributed by atoms with Crippen LogP contribution in [-0.2, 0) is 6.54 Å². The van der Waals surface area contributed by atoms with Crippen LogP contribution in [0.5, 0.6) is 0 Å². The summed E-state index contributed by atoms with van der Waals surface area (Å²) in [6, 6.07) is 1.45. The summed E-state index contributed by atoms with van der Waals surface area (Å²) in [6.45, 7) is 1.08. The van der Waals surface area contributed by atoms with E-state index >= 15 is 0 Å². The minimum Gasteiger partial charge on any atom is -0.478 e. The largest absolute Gasteiger partial charge is 0.478 e. The molecule has 2 rings (SSSR count). The van der Waals surface area contributed by atoms with Crippen molar-refractivity contribution in [3.8, 4) is 0 Å². The van der Waals surface area contributed by atoms with Crippen LogP contribution in [-0.4, -0.2) is 28.8 Å². The third-order valence-corrected chi connectivity index (χ3v) is 3.29. The highest BCUT2D eigenvalue weighted by atomic mass is 16.4. The molecule has 5 nitrogen and oxygen atoms in total. The maximum absolute atomic E-state index is 10.8. The first kappa shape index (κ1) is 12.1. The van der Waals surface area contributed by atoms with Crippen molar-refractivity contribution in [1.29, 1.82) is 0 Å². The molecule has 1 heterocycles. The third kappa shape index (κ3) is 2.87. The lowest BCUT2D eigenvalue weighted by Gasteiger charge is -2.14. The Morgan fingerprint density at radius 3 is 3.00 bits per heavy atom. The maximum atomic E-state index is 10.8. The first-order valence-corrected chi connectivity index (χ1v) is 5.87. The van der Waals surface area contributed by atoms with Gasteiger partial charge >= 0.3 is 5.97 Å². The van der Waals surface area contributed by atoms with Gasteiger partial charge in [0.25, 0.3) is 0 Å². The van der Waals surface area contributed by atoms with Gasteiger partial charge in [-0.05, 0) is 24.8 Å². The molecule has 1 aliphatic rings. The van der Waals surface area contributed by atoms with E-state index in [0.717, 1.165) is 19.3 Å². The van der Waals surface area contributed by atoms with Crippen molar-refractivity contribution in [2.75, 3.05) is 6.54 Å². The van der Waals surface area contributed by atoms with Crippen molar-refractivity contribution >= 4 is 5.97 Å². The molecule has 0 bridgehead atoms. The van der Waals surface area contributed by atoms with Crippen molar-refractivity contribution in [3.63, 3.8) is 0 Å².